The highest BCUT2D eigenvalue weighted by Crippen LogP contribution is 2.28. The van der Waals surface area contributed by atoms with E-state index in [1.54, 1.807) is 12.1 Å². The fraction of sp³-hybridized carbons (Fsp3) is 0.481. The predicted octanol–water partition coefficient (Wildman–Crippen LogP) is 2.99. The first-order valence-corrected chi connectivity index (χ1v) is 12.1. The van der Waals surface area contributed by atoms with Crippen molar-refractivity contribution in [3.05, 3.63) is 65.7 Å². The highest BCUT2D eigenvalue weighted by molar-refractivity contribution is 5.92. The lowest BCUT2D eigenvalue weighted by molar-refractivity contribution is -0.158. The van der Waals surface area contributed by atoms with Crippen LogP contribution in [0.2, 0.25) is 0 Å². The zero-order chi connectivity index (χ0) is 23.4. The summed E-state index contributed by atoms with van der Waals surface area (Å²) < 4.78 is 0. The molecule has 4 rings (SSSR count). The summed E-state index contributed by atoms with van der Waals surface area (Å²) in [6.07, 6.45) is 3.19. The second kappa shape index (κ2) is 10.4. The minimum absolute atomic E-state index is 0.000923. The van der Waals surface area contributed by atoms with Gasteiger partial charge >= 0.3 is 0 Å². The van der Waals surface area contributed by atoms with Gasteiger partial charge in [0.1, 0.15) is 11.8 Å². The minimum Gasteiger partial charge on any atom is -0.508 e. The molecule has 0 unspecified atom stereocenters. The molecule has 2 aromatic carbocycles. The maximum absolute atomic E-state index is 13.8. The van der Waals surface area contributed by atoms with Gasteiger partial charge in [-0.05, 0) is 55.0 Å². The summed E-state index contributed by atoms with van der Waals surface area (Å²) in [5.41, 5.74) is 2.26. The number of nitrogens with one attached hydrogen (secondary N) is 1. The van der Waals surface area contributed by atoms with Crippen LogP contribution in [0.25, 0.3) is 0 Å². The number of carbonyl (C=O) groups excluding carboxylic acids is 2. The lowest BCUT2D eigenvalue weighted by atomic mass is 9.91. The third-order valence-corrected chi connectivity index (χ3v) is 6.78. The average Bonchev–Trinajstić information content (AvgIpc) is 2.80. The average molecular weight is 450 g/mol. The molecule has 0 aliphatic carbocycles. The summed E-state index contributed by atoms with van der Waals surface area (Å²) >= 11 is 0. The summed E-state index contributed by atoms with van der Waals surface area (Å²) in [5, 5.41) is 12.5. The van der Waals surface area contributed by atoms with E-state index in [1.165, 1.54) is 5.56 Å². The van der Waals surface area contributed by atoms with E-state index in [0.717, 1.165) is 37.9 Å². The van der Waals surface area contributed by atoms with Gasteiger partial charge in [0, 0.05) is 19.5 Å². The highest BCUT2D eigenvalue weighted by atomic mass is 16.3. The van der Waals surface area contributed by atoms with Crippen LogP contribution in [0.1, 0.15) is 37.8 Å². The zero-order valence-electron chi connectivity index (χ0n) is 19.6. The minimum atomic E-state index is -0.451. The molecular weight excluding hydrogens is 414 g/mol. The number of carbonyl (C=O) groups is 2. The van der Waals surface area contributed by atoms with Crippen molar-refractivity contribution < 1.29 is 14.7 Å². The van der Waals surface area contributed by atoms with Crippen molar-refractivity contribution in [1.29, 1.82) is 0 Å². The molecule has 2 fully saturated rings. The normalized spacial score (nSPS) is 23.5. The molecule has 0 saturated carbocycles. The number of hydrogen-bond donors (Lipinski definition) is 2. The van der Waals surface area contributed by atoms with E-state index in [4.69, 9.17) is 0 Å². The van der Waals surface area contributed by atoms with Crippen LogP contribution in [-0.2, 0) is 22.4 Å². The number of benzene rings is 2. The van der Waals surface area contributed by atoms with Crippen molar-refractivity contribution >= 4 is 11.8 Å². The smallest absolute Gasteiger partial charge is 0.243 e. The maximum Gasteiger partial charge on any atom is 0.243 e. The summed E-state index contributed by atoms with van der Waals surface area (Å²) in [5.74, 6) is 0.719. The lowest BCUT2D eigenvalue weighted by Gasteiger charge is -2.51. The molecule has 2 amide bonds. The largest absolute Gasteiger partial charge is 0.508 e. The van der Waals surface area contributed by atoms with E-state index in [9.17, 15) is 14.7 Å². The predicted molar refractivity (Wildman–Crippen MR) is 129 cm³/mol. The number of phenols is 1. The Morgan fingerprint density at radius 1 is 1.00 bits per heavy atom. The number of piperazine rings is 2. The van der Waals surface area contributed by atoms with Crippen LogP contribution in [0.15, 0.2) is 54.6 Å². The molecule has 2 aliphatic rings. The van der Waals surface area contributed by atoms with Gasteiger partial charge in [-0.3, -0.25) is 14.5 Å². The molecular formula is C27H35N3O3. The summed E-state index contributed by atoms with van der Waals surface area (Å²) in [4.78, 5) is 30.9. The van der Waals surface area contributed by atoms with E-state index in [1.807, 2.05) is 47.4 Å². The van der Waals surface area contributed by atoms with Crippen molar-refractivity contribution in [2.45, 2.75) is 57.7 Å². The van der Waals surface area contributed by atoms with Crippen LogP contribution in [0.5, 0.6) is 5.75 Å². The third kappa shape index (κ3) is 5.56. The second-order valence-corrected chi connectivity index (χ2v) is 9.76. The number of rotatable bonds is 8. The second-order valence-electron chi connectivity index (χ2n) is 9.76. The van der Waals surface area contributed by atoms with Crippen LogP contribution in [0, 0.1) is 5.92 Å². The first-order chi connectivity index (χ1) is 15.9. The van der Waals surface area contributed by atoms with E-state index in [0.29, 0.717) is 18.9 Å². The van der Waals surface area contributed by atoms with Crippen molar-refractivity contribution in [2.75, 3.05) is 19.6 Å². The summed E-state index contributed by atoms with van der Waals surface area (Å²) in [7, 11) is 0. The van der Waals surface area contributed by atoms with Crippen molar-refractivity contribution in [2.24, 2.45) is 5.92 Å². The number of aryl methyl sites for hydroxylation is 1. The standard InChI is InChI=1S/C27H35N3O3/c1-19(2)15-25-27(33)30-22(17-28-26(32)24(30)16-21-7-4-3-5-8-21)18-29(25)14-6-9-20-10-12-23(31)13-11-20/h3-5,7-8,10-13,19,22,24-25,31H,6,9,14-18H2,1-2H3,(H,28,32)/t22-,24+,25+/m1/s1. The van der Waals surface area contributed by atoms with Crippen LogP contribution >= 0.6 is 0 Å². The Morgan fingerprint density at radius 2 is 1.73 bits per heavy atom. The molecule has 0 radical (unpaired) electrons. The molecule has 2 aromatic rings. The van der Waals surface area contributed by atoms with Crippen molar-refractivity contribution in [1.82, 2.24) is 15.1 Å². The fourth-order valence-corrected chi connectivity index (χ4v) is 5.15. The molecule has 3 atom stereocenters. The van der Waals surface area contributed by atoms with E-state index < -0.39 is 6.04 Å². The van der Waals surface area contributed by atoms with Gasteiger partial charge in [0.15, 0.2) is 0 Å². The Balaban J connectivity index is 1.48. The Labute approximate surface area is 196 Å². The zero-order valence-corrected chi connectivity index (χ0v) is 19.6. The van der Waals surface area contributed by atoms with Crippen LogP contribution in [0.3, 0.4) is 0 Å². The van der Waals surface area contributed by atoms with Gasteiger partial charge in [-0.25, -0.2) is 0 Å². The molecule has 0 bridgehead atoms. The Morgan fingerprint density at radius 3 is 2.42 bits per heavy atom. The number of hydrogen-bond acceptors (Lipinski definition) is 4. The topological polar surface area (TPSA) is 72.9 Å². The van der Waals surface area contributed by atoms with E-state index in [-0.39, 0.29) is 29.6 Å². The number of nitrogens with zero attached hydrogens (tertiary/aromatic N) is 2. The Kier molecular flexibility index (Phi) is 7.33. The third-order valence-electron chi connectivity index (χ3n) is 6.78. The van der Waals surface area contributed by atoms with Crippen molar-refractivity contribution in [3.63, 3.8) is 0 Å². The van der Waals surface area contributed by atoms with Gasteiger partial charge in [-0.15, -0.1) is 0 Å². The first kappa shape index (κ1) is 23.3. The molecule has 176 valence electrons. The number of amides is 2. The van der Waals surface area contributed by atoms with Gasteiger partial charge in [0.05, 0.1) is 12.1 Å². The molecule has 6 nitrogen and oxygen atoms in total. The number of fused-ring (bicyclic) bond motifs is 1. The Hall–Kier alpha value is -2.86. The summed E-state index contributed by atoms with van der Waals surface area (Å²) in [6.45, 7) is 6.44. The molecule has 0 aromatic heterocycles. The number of phenolic OH excluding ortho intramolecular Hbond substituents is 1. The SMILES string of the molecule is CC(C)C[C@H]1C(=O)N2[C@H](CNC(=O)[C@@H]2Cc2ccccc2)CN1CCCc1ccc(O)cc1. The molecule has 0 spiro atoms. The Bertz CT molecular complexity index is 945. The molecule has 2 heterocycles. The van der Waals surface area contributed by atoms with Gasteiger partial charge in [-0.1, -0.05) is 56.3 Å². The molecule has 2 saturated heterocycles. The molecule has 33 heavy (non-hydrogen) atoms. The van der Waals surface area contributed by atoms with Crippen LogP contribution in [-0.4, -0.2) is 64.5 Å². The quantitative estimate of drug-likeness (QED) is 0.650. The lowest BCUT2D eigenvalue weighted by Crippen LogP contribution is -2.72. The van der Waals surface area contributed by atoms with Crippen molar-refractivity contribution in [3.8, 4) is 5.75 Å². The van der Waals surface area contributed by atoms with Gasteiger partial charge in [0.25, 0.3) is 0 Å². The maximum atomic E-state index is 13.8. The molecule has 6 heteroatoms. The first-order valence-electron chi connectivity index (χ1n) is 12.1. The van der Waals surface area contributed by atoms with Gasteiger partial charge in [-0.2, -0.15) is 0 Å². The van der Waals surface area contributed by atoms with Gasteiger partial charge in [0.2, 0.25) is 11.8 Å². The molecule has 2 aliphatic heterocycles. The highest BCUT2D eigenvalue weighted by Gasteiger charge is 2.47. The van der Waals surface area contributed by atoms with E-state index in [2.05, 4.69) is 24.1 Å². The monoisotopic (exact) mass is 449 g/mol. The summed E-state index contributed by atoms with van der Waals surface area (Å²) in [6, 6.07) is 16.7. The number of aromatic hydroxyl groups is 1. The van der Waals surface area contributed by atoms with Gasteiger partial charge < -0.3 is 15.3 Å². The molecule has 2 N–H and O–H groups in total. The van der Waals surface area contributed by atoms with Crippen LogP contribution in [0.4, 0.5) is 0 Å². The van der Waals surface area contributed by atoms with Crippen LogP contribution < -0.4 is 5.32 Å². The fourth-order valence-electron chi connectivity index (χ4n) is 5.15. The van der Waals surface area contributed by atoms with E-state index >= 15 is 0 Å².